The van der Waals surface area contributed by atoms with Gasteiger partial charge in [-0.3, -0.25) is 9.69 Å². The van der Waals surface area contributed by atoms with Crippen LogP contribution in [0.2, 0.25) is 0 Å². The lowest BCUT2D eigenvalue weighted by molar-refractivity contribution is -0.132. The summed E-state index contributed by atoms with van der Waals surface area (Å²) >= 11 is 0. The molecule has 2 rings (SSSR count). The summed E-state index contributed by atoms with van der Waals surface area (Å²) < 4.78 is 2.07. The molecule has 1 amide bonds. The summed E-state index contributed by atoms with van der Waals surface area (Å²) in [5.74, 6) is 2.57. The van der Waals surface area contributed by atoms with Crippen LogP contribution in [0.4, 0.5) is 0 Å². The third kappa shape index (κ3) is 4.51. The van der Waals surface area contributed by atoms with Gasteiger partial charge < -0.3 is 14.6 Å². The number of rotatable bonds is 7. The van der Waals surface area contributed by atoms with E-state index < -0.39 is 0 Å². The molecule has 1 fully saturated rings. The van der Waals surface area contributed by atoms with E-state index in [0.717, 1.165) is 44.0 Å². The van der Waals surface area contributed by atoms with Crippen LogP contribution < -0.4 is 0 Å². The first-order valence-electron chi connectivity index (χ1n) is 8.52. The van der Waals surface area contributed by atoms with E-state index in [1.165, 1.54) is 0 Å². The molecule has 1 aromatic rings. The number of amides is 1. The minimum Gasteiger partial charge on any atom is -0.395 e. The Hall–Kier alpha value is -1.47. The number of likely N-dealkylation sites (N-methyl/N-ethyl adjacent to an activating group) is 1. The number of hydrogen-bond acceptors (Lipinski definition) is 5. The lowest BCUT2D eigenvalue weighted by Gasteiger charge is -2.31. The lowest BCUT2D eigenvalue weighted by Crippen LogP contribution is -2.38. The van der Waals surface area contributed by atoms with Crippen molar-refractivity contribution in [2.45, 2.75) is 45.1 Å². The summed E-state index contributed by atoms with van der Waals surface area (Å²) in [6, 6.07) is 0. The molecule has 0 saturated carbocycles. The zero-order valence-electron chi connectivity index (χ0n) is 14.5. The van der Waals surface area contributed by atoms with Crippen LogP contribution in [0.25, 0.3) is 0 Å². The van der Waals surface area contributed by atoms with Crippen LogP contribution in [0.15, 0.2) is 0 Å². The minimum absolute atomic E-state index is 0.144. The van der Waals surface area contributed by atoms with Gasteiger partial charge in [-0.1, -0.05) is 6.92 Å². The highest BCUT2D eigenvalue weighted by Crippen LogP contribution is 2.27. The summed E-state index contributed by atoms with van der Waals surface area (Å²) in [5.41, 5.74) is 0. The summed E-state index contributed by atoms with van der Waals surface area (Å²) in [7, 11) is 3.97. The molecule has 1 aromatic heterocycles. The van der Waals surface area contributed by atoms with Crippen molar-refractivity contribution in [1.29, 1.82) is 0 Å². The molecule has 0 bridgehead atoms. The summed E-state index contributed by atoms with van der Waals surface area (Å²) in [6.45, 7) is 5.12. The van der Waals surface area contributed by atoms with Crippen molar-refractivity contribution in [3.05, 3.63) is 11.6 Å². The number of aromatic nitrogens is 3. The smallest absolute Gasteiger partial charge is 0.222 e. The maximum atomic E-state index is 12.0. The molecule has 7 heteroatoms. The molecule has 1 N–H and O–H groups in total. The molecule has 0 atom stereocenters. The van der Waals surface area contributed by atoms with Crippen molar-refractivity contribution in [2.75, 3.05) is 33.3 Å². The molecule has 0 unspecified atom stereocenters. The average molecular weight is 323 g/mol. The van der Waals surface area contributed by atoms with Gasteiger partial charge in [0, 0.05) is 39.0 Å². The van der Waals surface area contributed by atoms with Crippen molar-refractivity contribution in [1.82, 2.24) is 24.6 Å². The largest absolute Gasteiger partial charge is 0.395 e. The quantitative estimate of drug-likeness (QED) is 0.801. The first-order valence-corrected chi connectivity index (χ1v) is 8.52. The standard InChI is InChI=1S/C16H29N5O2/c1-4-5-15(23)21-8-6-13(7-9-21)16-18-17-14(20(16)3)12-19(2)10-11-22/h13,22H,4-12H2,1-3H3. The van der Waals surface area contributed by atoms with Gasteiger partial charge in [0.1, 0.15) is 11.6 Å². The number of piperidine rings is 1. The van der Waals surface area contributed by atoms with Crippen molar-refractivity contribution < 1.29 is 9.90 Å². The predicted octanol–water partition coefficient (Wildman–Crippen LogP) is 0.745. The number of carbonyl (C=O) groups is 1. The van der Waals surface area contributed by atoms with Crippen LogP contribution in [-0.4, -0.2) is 68.9 Å². The van der Waals surface area contributed by atoms with Crippen molar-refractivity contribution >= 4 is 5.91 Å². The Balaban J connectivity index is 1.94. The second-order valence-corrected chi connectivity index (χ2v) is 6.40. The van der Waals surface area contributed by atoms with Crippen LogP contribution in [0.5, 0.6) is 0 Å². The SMILES string of the molecule is CCCC(=O)N1CCC(c2nnc(CN(C)CCO)n2C)CC1. The fourth-order valence-electron chi connectivity index (χ4n) is 3.12. The highest BCUT2D eigenvalue weighted by molar-refractivity contribution is 5.76. The number of nitrogens with zero attached hydrogens (tertiary/aromatic N) is 5. The maximum Gasteiger partial charge on any atom is 0.222 e. The molecule has 1 aliphatic heterocycles. The van der Waals surface area contributed by atoms with Crippen molar-refractivity contribution in [2.24, 2.45) is 7.05 Å². The van der Waals surface area contributed by atoms with Crippen LogP contribution in [0.3, 0.4) is 0 Å². The van der Waals surface area contributed by atoms with Gasteiger partial charge in [0.2, 0.25) is 5.91 Å². The molecular formula is C16H29N5O2. The fourth-order valence-corrected chi connectivity index (χ4v) is 3.12. The van der Waals surface area contributed by atoms with Crippen molar-refractivity contribution in [3.8, 4) is 0 Å². The Labute approximate surface area is 138 Å². The Morgan fingerprint density at radius 1 is 1.35 bits per heavy atom. The highest BCUT2D eigenvalue weighted by atomic mass is 16.3. The van der Waals surface area contributed by atoms with E-state index in [9.17, 15) is 4.79 Å². The van der Waals surface area contributed by atoms with E-state index in [-0.39, 0.29) is 12.5 Å². The lowest BCUT2D eigenvalue weighted by atomic mass is 9.95. The van der Waals surface area contributed by atoms with Gasteiger partial charge in [-0.25, -0.2) is 0 Å². The molecule has 0 aromatic carbocycles. The molecule has 0 aliphatic carbocycles. The molecule has 1 saturated heterocycles. The monoisotopic (exact) mass is 323 g/mol. The summed E-state index contributed by atoms with van der Waals surface area (Å²) in [4.78, 5) is 16.0. The van der Waals surface area contributed by atoms with Crippen molar-refractivity contribution in [3.63, 3.8) is 0 Å². The van der Waals surface area contributed by atoms with Gasteiger partial charge >= 0.3 is 0 Å². The molecule has 23 heavy (non-hydrogen) atoms. The molecule has 130 valence electrons. The molecule has 2 heterocycles. The number of hydrogen-bond donors (Lipinski definition) is 1. The second kappa shape index (κ2) is 8.40. The second-order valence-electron chi connectivity index (χ2n) is 6.40. The third-order valence-corrected chi connectivity index (χ3v) is 4.57. The minimum atomic E-state index is 0.144. The zero-order chi connectivity index (χ0) is 16.8. The number of aliphatic hydroxyl groups is 1. The first kappa shape index (κ1) is 17.9. The summed E-state index contributed by atoms with van der Waals surface area (Å²) in [6.07, 6.45) is 3.46. The summed E-state index contributed by atoms with van der Waals surface area (Å²) in [5, 5.41) is 17.7. The number of aliphatic hydroxyl groups excluding tert-OH is 1. The Kier molecular flexibility index (Phi) is 6.53. The van der Waals surface area contributed by atoms with E-state index in [1.54, 1.807) is 0 Å². The van der Waals surface area contributed by atoms with Gasteiger partial charge in [0.05, 0.1) is 13.2 Å². The highest BCUT2D eigenvalue weighted by Gasteiger charge is 2.27. The Bertz CT molecular complexity index is 509. The topological polar surface area (TPSA) is 74.5 Å². The normalized spacial score (nSPS) is 16.3. The maximum absolute atomic E-state index is 12.0. The van der Waals surface area contributed by atoms with Gasteiger partial charge in [0.15, 0.2) is 0 Å². The molecule has 0 radical (unpaired) electrons. The Morgan fingerprint density at radius 2 is 2.04 bits per heavy atom. The van der Waals surface area contributed by atoms with E-state index >= 15 is 0 Å². The average Bonchev–Trinajstić information content (AvgIpc) is 2.89. The molecule has 1 aliphatic rings. The first-order chi connectivity index (χ1) is 11.1. The van der Waals surface area contributed by atoms with Gasteiger partial charge in [-0.05, 0) is 26.3 Å². The van der Waals surface area contributed by atoms with E-state index in [0.29, 0.717) is 25.4 Å². The van der Waals surface area contributed by atoms with Crippen LogP contribution in [0.1, 0.15) is 50.2 Å². The number of carbonyl (C=O) groups excluding carboxylic acids is 1. The van der Waals surface area contributed by atoms with E-state index in [1.807, 2.05) is 30.8 Å². The zero-order valence-corrected chi connectivity index (χ0v) is 14.5. The van der Waals surface area contributed by atoms with Crippen LogP contribution in [-0.2, 0) is 18.4 Å². The van der Waals surface area contributed by atoms with E-state index in [2.05, 4.69) is 14.8 Å². The van der Waals surface area contributed by atoms with Gasteiger partial charge in [-0.2, -0.15) is 0 Å². The van der Waals surface area contributed by atoms with Crippen LogP contribution in [0, 0.1) is 0 Å². The molecule has 7 nitrogen and oxygen atoms in total. The van der Waals surface area contributed by atoms with Gasteiger partial charge in [-0.15, -0.1) is 10.2 Å². The molecular weight excluding hydrogens is 294 g/mol. The fraction of sp³-hybridized carbons (Fsp3) is 0.812. The van der Waals surface area contributed by atoms with Crippen LogP contribution >= 0.6 is 0 Å². The number of likely N-dealkylation sites (tertiary alicyclic amines) is 1. The third-order valence-electron chi connectivity index (χ3n) is 4.57. The van der Waals surface area contributed by atoms with E-state index in [4.69, 9.17) is 5.11 Å². The Morgan fingerprint density at radius 3 is 2.65 bits per heavy atom. The predicted molar refractivity (Wildman–Crippen MR) is 87.9 cm³/mol. The van der Waals surface area contributed by atoms with Gasteiger partial charge in [0.25, 0.3) is 0 Å². The molecule has 0 spiro atoms.